The number of fused-ring (bicyclic) bond motifs is 1. The zero-order chi connectivity index (χ0) is 44.0. The maximum absolute atomic E-state index is 13.2. The number of hydrogen-bond donors (Lipinski definition) is 3. The molecule has 2 aromatic carbocycles. The van der Waals surface area contributed by atoms with Crippen molar-refractivity contribution in [1.29, 1.82) is 0 Å². The number of rotatable bonds is 12. The monoisotopic (exact) mass is 887 g/mol. The molecule has 17 heteroatoms. The van der Waals surface area contributed by atoms with Crippen LogP contribution in [0.3, 0.4) is 0 Å². The molecule has 0 radical (unpaired) electrons. The number of carbonyl (C=O) groups excluding carboxylic acids is 2. The third kappa shape index (κ3) is 9.85. The zero-order valence-corrected chi connectivity index (χ0v) is 37.1. The molecular weight excluding hydrogens is 839 g/mol. The number of aromatic hydroxyl groups is 1. The van der Waals surface area contributed by atoms with Crippen LogP contribution in [0.4, 0.5) is 5.95 Å². The van der Waals surface area contributed by atoms with Gasteiger partial charge < -0.3 is 34.6 Å². The van der Waals surface area contributed by atoms with Crippen LogP contribution in [0.2, 0.25) is 0 Å². The summed E-state index contributed by atoms with van der Waals surface area (Å²) >= 11 is 3.35. The summed E-state index contributed by atoms with van der Waals surface area (Å²) in [5.41, 5.74) is 7.75. The number of likely N-dealkylation sites (tertiary alicyclic amines) is 1. The number of phenolic OH excluding ortho intramolecular Hbond substituents is 1. The molecule has 0 saturated carbocycles. The number of phenols is 1. The molecule has 2 aliphatic heterocycles. The Morgan fingerprint density at radius 3 is 2.43 bits per heavy atom. The van der Waals surface area contributed by atoms with Gasteiger partial charge in [-0.05, 0) is 85.0 Å². The summed E-state index contributed by atoms with van der Waals surface area (Å²) in [6.07, 6.45) is 5.97. The van der Waals surface area contributed by atoms with E-state index in [9.17, 15) is 19.8 Å². The predicted molar refractivity (Wildman–Crippen MR) is 242 cm³/mol. The van der Waals surface area contributed by atoms with E-state index in [-0.39, 0.29) is 23.5 Å². The lowest BCUT2D eigenvalue weighted by atomic mass is 9.92. The molecule has 326 valence electrons. The summed E-state index contributed by atoms with van der Waals surface area (Å²) in [7, 11) is 0. The number of piperidine rings is 1. The van der Waals surface area contributed by atoms with Gasteiger partial charge in [0, 0.05) is 54.6 Å². The molecule has 2 atom stereocenters. The number of ether oxygens (including phenoxy) is 1. The van der Waals surface area contributed by atoms with Gasteiger partial charge in [-0.15, -0.1) is 32.9 Å². The fourth-order valence-electron chi connectivity index (χ4n) is 8.09. The summed E-state index contributed by atoms with van der Waals surface area (Å²) in [6.45, 7) is 11.2. The average molecular weight is 888 g/mol. The van der Waals surface area contributed by atoms with Gasteiger partial charge in [-0.3, -0.25) is 9.59 Å². The van der Waals surface area contributed by atoms with E-state index in [4.69, 9.17) is 9.26 Å². The van der Waals surface area contributed by atoms with E-state index in [1.165, 1.54) is 20.9 Å². The number of benzene rings is 2. The van der Waals surface area contributed by atoms with E-state index in [1.807, 2.05) is 56.6 Å². The number of aliphatic hydroxyl groups excluding tert-OH is 1. The van der Waals surface area contributed by atoms with Crippen molar-refractivity contribution in [2.45, 2.75) is 71.4 Å². The van der Waals surface area contributed by atoms with Gasteiger partial charge in [0.1, 0.15) is 16.5 Å². The fraction of sp³-hybridized carbons (Fsp3) is 0.348. The van der Waals surface area contributed by atoms with Gasteiger partial charge in [0.25, 0.3) is 5.88 Å². The molecule has 9 rings (SSSR count). The molecule has 7 heterocycles. The smallest absolute Gasteiger partial charge is 0.259 e. The molecule has 2 unspecified atom stereocenters. The molecule has 0 aliphatic carbocycles. The molecule has 0 bridgehead atoms. The number of amides is 2. The molecule has 2 amide bonds. The number of aryl methyl sites for hydroxylation is 2. The number of aliphatic hydroxyl groups is 1. The van der Waals surface area contributed by atoms with Gasteiger partial charge in [-0.1, -0.05) is 50.2 Å². The van der Waals surface area contributed by atoms with Crippen LogP contribution in [0.5, 0.6) is 17.4 Å². The lowest BCUT2D eigenvalue weighted by molar-refractivity contribution is -0.133. The number of nitrogens with zero attached hydrogens (tertiary/aromatic N) is 8. The van der Waals surface area contributed by atoms with Crippen LogP contribution >= 0.6 is 22.7 Å². The first-order chi connectivity index (χ1) is 30.6. The normalized spacial score (nSPS) is 15.9. The number of aromatic nitrogens is 6. The number of para-hydroxylation sites is 1. The largest absolute Gasteiger partial charge is 0.507 e. The average Bonchev–Trinajstić information content (AvgIpc) is 4.12. The second kappa shape index (κ2) is 19.4. The Hall–Kier alpha value is -6.30. The van der Waals surface area contributed by atoms with E-state index in [0.29, 0.717) is 67.1 Å². The highest BCUT2D eigenvalue weighted by Crippen LogP contribution is 2.41. The minimum atomic E-state index is -0.516. The topological polar surface area (TPSA) is 193 Å². The number of thiophene rings is 1. The number of thiazole rings is 1. The minimum Gasteiger partial charge on any atom is -0.507 e. The van der Waals surface area contributed by atoms with Crippen LogP contribution in [0.25, 0.3) is 31.9 Å². The van der Waals surface area contributed by atoms with Crippen molar-refractivity contribution in [3.63, 3.8) is 0 Å². The number of carbonyl (C=O) groups is 2. The van der Waals surface area contributed by atoms with Crippen molar-refractivity contribution in [3.8, 4) is 39.1 Å². The van der Waals surface area contributed by atoms with Crippen LogP contribution in [0.15, 0.2) is 83.1 Å². The van der Waals surface area contributed by atoms with Crippen LogP contribution in [0, 0.1) is 19.8 Å². The van der Waals surface area contributed by atoms with E-state index in [1.54, 1.807) is 58.2 Å². The zero-order valence-electron chi connectivity index (χ0n) is 35.5. The summed E-state index contributed by atoms with van der Waals surface area (Å²) in [5.74, 6) is 1.70. The Morgan fingerprint density at radius 1 is 1.00 bits per heavy atom. The van der Waals surface area contributed by atoms with Crippen molar-refractivity contribution in [3.05, 3.63) is 106 Å². The van der Waals surface area contributed by atoms with Crippen molar-refractivity contribution < 1.29 is 29.1 Å². The highest BCUT2D eigenvalue weighted by molar-refractivity contribution is 7.19. The number of nitrogens with one attached hydrogen (secondary N) is 1. The number of β-amino-alcohol motifs (C(OH)–C–C–N with tert-alkyl or cyclic N) is 1. The van der Waals surface area contributed by atoms with Gasteiger partial charge in [0.15, 0.2) is 11.5 Å². The van der Waals surface area contributed by atoms with E-state index < -0.39 is 12.0 Å². The van der Waals surface area contributed by atoms with Crippen LogP contribution < -0.4 is 15.0 Å². The Morgan fingerprint density at radius 2 is 1.76 bits per heavy atom. The van der Waals surface area contributed by atoms with Crippen molar-refractivity contribution in [1.82, 2.24) is 40.5 Å². The Kier molecular flexibility index (Phi) is 13.3. The Bertz CT molecular complexity index is 2660. The van der Waals surface area contributed by atoms with Crippen LogP contribution in [-0.2, 0) is 16.1 Å². The van der Waals surface area contributed by atoms with Crippen LogP contribution in [-0.4, -0.2) is 90.0 Å². The minimum absolute atomic E-state index is 0.0211. The first-order valence-corrected chi connectivity index (χ1v) is 22.7. The van der Waals surface area contributed by atoms with Gasteiger partial charge in [0.05, 0.1) is 40.3 Å². The molecule has 2 fully saturated rings. The number of anilines is 1. The van der Waals surface area contributed by atoms with Gasteiger partial charge >= 0.3 is 0 Å². The summed E-state index contributed by atoms with van der Waals surface area (Å²) < 4.78 is 11.4. The summed E-state index contributed by atoms with van der Waals surface area (Å²) in [4.78, 5) is 44.0. The number of hydrogen-bond acceptors (Lipinski definition) is 15. The molecule has 63 heavy (non-hydrogen) atoms. The molecule has 3 N–H and O–H groups in total. The van der Waals surface area contributed by atoms with Gasteiger partial charge in [-0.25, -0.2) is 15.0 Å². The highest BCUT2D eigenvalue weighted by atomic mass is 32.1. The molecule has 5 aromatic heterocycles. The summed E-state index contributed by atoms with van der Waals surface area (Å²) in [6, 6.07) is 19.0. The second-order valence-corrected chi connectivity index (χ2v) is 18.0. The van der Waals surface area contributed by atoms with Crippen molar-refractivity contribution >= 4 is 51.2 Å². The molecule has 2 saturated heterocycles. The molecule has 7 aromatic rings. The first-order valence-electron chi connectivity index (χ1n) is 21.0. The fourth-order valence-corrected chi connectivity index (χ4v) is 10.2. The van der Waals surface area contributed by atoms with Crippen LogP contribution in [0.1, 0.15) is 72.4 Å². The van der Waals surface area contributed by atoms with E-state index >= 15 is 0 Å². The van der Waals surface area contributed by atoms with E-state index in [0.717, 1.165) is 47.4 Å². The quantitative estimate of drug-likeness (QED) is 0.100. The third-order valence-electron chi connectivity index (χ3n) is 11.5. The first kappa shape index (κ1) is 43.4. The molecule has 15 nitrogen and oxygen atoms in total. The molecule has 0 spiro atoms. The van der Waals surface area contributed by atoms with E-state index in [2.05, 4.69) is 59.6 Å². The van der Waals surface area contributed by atoms with Crippen molar-refractivity contribution in [2.24, 2.45) is 5.92 Å². The van der Waals surface area contributed by atoms with Crippen molar-refractivity contribution in [2.75, 3.05) is 31.1 Å². The molecule has 2 aliphatic rings. The lowest BCUT2D eigenvalue weighted by Crippen LogP contribution is -2.35. The third-order valence-corrected chi connectivity index (χ3v) is 13.8. The maximum atomic E-state index is 13.2. The Balaban J connectivity index is 0.000000286. The Labute approximate surface area is 372 Å². The predicted octanol–water partition coefficient (Wildman–Crippen LogP) is 8.02. The maximum Gasteiger partial charge on any atom is 0.259 e. The second-order valence-electron chi connectivity index (χ2n) is 16.1. The standard InChI is InChI=1S/C34H37N7O5S.C12H12N2OS/c1-19(2)30(33(44)41-13-10-22(42)18-41)28-15-29(39-46-28)45-23-16-35-34(36-17-23)40-11-8-21(9-12-40)31-20(3)25-14-26(37-38-32(25)47-31)24-6-4-5-7-27(24)43;1-9-12(16-8-14-9)11-4-2-10(3-5-11)6-13-7-15/h4-7,14-17,19,21-22,30,42-43H,8-13,18H2,1-3H3;2-5,7-8H,6H2,1H3,(H,13,15). The molecular formula is C46H49N9O6S2. The van der Waals surface area contributed by atoms with Gasteiger partial charge in [0.2, 0.25) is 18.3 Å². The lowest BCUT2D eigenvalue weighted by Gasteiger charge is -2.31. The SMILES string of the molecule is Cc1c(C2CCN(c3ncc(Oc4cc(C(C(=O)N5CCC(O)C5)C(C)C)on4)cn3)CC2)sc2nnc(-c3ccccc3O)cc12.Cc1ncsc1-c1ccc(CNC=O)cc1. The summed E-state index contributed by atoms with van der Waals surface area (Å²) in [5, 5.41) is 36.8. The van der Waals surface area contributed by atoms with Gasteiger partial charge in [-0.2, -0.15) is 0 Å². The highest BCUT2D eigenvalue weighted by Gasteiger charge is 2.35.